The minimum absolute atomic E-state index is 0.00385. The van der Waals surface area contributed by atoms with Gasteiger partial charge in [-0.05, 0) is 19.4 Å². The van der Waals surface area contributed by atoms with E-state index in [2.05, 4.69) is 15.6 Å². The van der Waals surface area contributed by atoms with E-state index in [1.807, 2.05) is 0 Å². The van der Waals surface area contributed by atoms with Crippen LogP contribution < -0.4 is 16.2 Å². The molecule has 1 atom stereocenters. The zero-order valence-corrected chi connectivity index (χ0v) is 16.1. The molecule has 1 fully saturated rings. The van der Waals surface area contributed by atoms with Gasteiger partial charge in [0.2, 0.25) is 17.7 Å². The number of aromatic nitrogens is 2. The first-order valence-corrected chi connectivity index (χ1v) is 8.93. The van der Waals surface area contributed by atoms with E-state index in [-0.39, 0.29) is 47.1 Å². The van der Waals surface area contributed by atoms with Gasteiger partial charge in [0.05, 0.1) is 22.0 Å². The molecule has 3 rings (SSSR count). The quantitative estimate of drug-likeness (QED) is 0.577. The van der Waals surface area contributed by atoms with Crippen molar-refractivity contribution in [3.05, 3.63) is 34.1 Å². The van der Waals surface area contributed by atoms with Gasteiger partial charge in [-0.2, -0.15) is 0 Å². The van der Waals surface area contributed by atoms with E-state index in [0.717, 1.165) is 12.1 Å². The van der Waals surface area contributed by atoms with Gasteiger partial charge < -0.3 is 5.32 Å². The summed E-state index contributed by atoms with van der Waals surface area (Å²) in [7, 11) is 1.55. The Labute approximate surface area is 160 Å². The van der Waals surface area contributed by atoms with Crippen molar-refractivity contribution in [1.82, 2.24) is 14.9 Å². The summed E-state index contributed by atoms with van der Waals surface area (Å²) < 4.78 is 15.3. The summed E-state index contributed by atoms with van der Waals surface area (Å²) in [6, 6.07) is 2.16. The molecule has 1 saturated heterocycles. The Kier molecular flexibility index (Phi) is 4.82. The van der Waals surface area contributed by atoms with Gasteiger partial charge in [-0.25, -0.2) is 9.37 Å². The Morgan fingerprint density at radius 2 is 2.04 bits per heavy atom. The second-order valence-electron chi connectivity index (χ2n) is 7.44. The number of anilines is 1. The molecule has 0 spiro atoms. The first kappa shape index (κ1) is 19.7. The zero-order chi connectivity index (χ0) is 20.8. The highest BCUT2D eigenvalue weighted by atomic mass is 19.1. The lowest BCUT2D eigenvalue weighted by Gasteiger charge is -2.35. The molecule has 0 bridgehead atoms. The largest absolute Gasteiger partial charge is 0.325 e. The van der Waals surface area contributed by atoms with E-state index >= 15 is 0 Å². The molecule has 2 aromatic rings. The van der Waals surface area contributed by atoms with Crippen LogP contribution in [0.15, 0.2) is 16.9 Å². The predicted molar refractivity (Wildman–Crippen MR) is 103 cm³/mol. The van der Waals surface area contributed by atoms with Crippen molar-refractivity contribution in [3.63, 3.8) is 0 Å². The smallest absolute Gasteiger partial charge is 0.263 e. The molecule has 1 aliphatic heterocycles. The van der Waals surface area contributed by atoms with Gasteiger partial charge in [-0.1, -0.05) is 13.8 Å². The number of carbonyl (C=O) groups is 3. The van der Waals surface area contributed by atoms with E-state index in [9.17, 15) is 23.6 Å². The lowest BCUT2D eigenvalue weighted by molar-refractivity contribution is -0.137. The topological polar surface area (TPSA) is 110 Å². The number of aryl methyl sites for hydroxylation is 1. The zero-order valence-electron chi connectivity index (χ0n) is 16.1. The molecule has 8 nitrogen and oxygen atoms in total. The third kappa shape index (κ3) is 3.19. The number of hydrogen-bond donors (Lipinski definition) is 2. The third-order valence-electron chi connectivity index (χ3n) is 4.96. The molecular formula is C18H20BFN4O4. The number of carbonyl (C=O) groups excluding carboxylic acids is 3. The fourth-order valence-corrected chi connectivity index (χ4v) is 3.35. The van der Waals surface area contributed by atoms with Gasteiger partial charge >= 0.3 is 0 Å². The van der Waals surface area contributed by atoms with Gasteiger partial charge in [0.25, 0.3) is 5.56 Å². The maximum atomic E-state index is 14.0. The van der Waals surface area contributed by atoms with Crippen LogP contribution in [0.2, 0.25) is 0 Å². The Morgan fingerprint density at radius 1 is 1.36 bits per heavy atom. The van der Waals surface area contributed by atoms with Gasteiger partial charge in [0, 0.05) is 18.4 Å². The molecule has 0 radical (unpaired) electrons. The molecule has 1 aromatic heterocycles. The molecule has 3 amide bonds. The van der Waals surface area contributed by atoms with Crippen LogP contribution in [0.5, 0.6) is 0 Å². The van der Waals surface area contributed by atoms with Crippen LogP contribution in [0, 0.1) is 18.7 Å². The average Bonchev–Trinajstić information content (AvgIpc) is 2.57. The normalized spacial score (nSPS) is 19.8. The molecule has 1 unspecified atom stereocenters. The summed E-state index contributed by atoms with van der Waals surface area (Å²) in [6.45, 7) is 4.87. The standard InChI is InChI=1S/C18H20BFN4O4/c1-8(2)15(26)22-12-7-10(20)6-11-14(12)16(27)24(9(3)21-11)18(19)5-4-13(25)23-17(18)28/h6-8H,4-5,19H2,1-3H3,(H,22,26)(H,23,25,28). The summed E-state index contributed by atoms with van der Waals surface area (Å²) >= 11 is 0. The molecule has 1 aromatic carbocycles. The molecule has 10 heteroatoms. The number of halogens is 1. The summed E-state index contributed by atoms with van der Waals surface area (Å²) in [4.78, 5) is 53.8. The SMILES string of the molecule is BC1(n2c(C)nc3cc(F)cc(NC(=O)C(C)C)c3c2=O)CCC(=O)NC1=O. The summed E-state index contributed by atoms with van der Waals surface area (Å²) in [5.74, 6) is -2.23. The van der Waals surface area contributed by atoms with Crippen molar-refractivity contribution >= 4 is 42.2 Å². The predicted octanol–water partition coefficient (Wildman–Crippen LogP) is 0.161. The van der Waals surface area contributed by atoms with Crippen molar-refractivity contribution in [1.29, 1.82) is 0 Å². The number of rotatable bonds is 3. The molecule has 2 heterocycles. The fraction of sp³-hybridized carbons (Fsp3) is 0.389. The fourth-order valence-electron chi connectivity index (χ4n) is 3.35. The number of amides is 3. The number of nitrogens with zero attached hydrogens (tertiary/aromatic N) is 2. The maximum Gasteiger partial charge on any atom is 0.263 e. The van der Waals surface area contributed by atoms with Crippen LogP contribution in [-0.4, -0.2) is 35.1 Å². The maximum absolute atomic E-state index is 14.0. The molecular weight excluding hydrogens is 366 g/mol. The summed E-state index contributed by atoms with van der Waals surface area (Å²) in [6.07, 6.45) is 0.201. The van der Waals surface area contributed by atoms with Crippen molar-refractivity contribution < 1.29 is 18.8 Å². The second kappa shape index (κ2) is 6.85. The van der Waals surface area contributed by atoms with E-state index < -0.39 is 28.6 Å². The van der Waals surface area contributed by atoms with Crippen LogP contribution in [0.4, 0.5) is 10.1 Å². The molecule has 146 valence electrons. The summed E-state index contributed by atoms with van der Waals surface area (Å²) in [5.41, 5.74) is -1.85. The van der Waals surface area contributed by atoms with Crippen LogP contribution in [0.25, 0.3) is 10.9 Å². The molecule has 0 saturated carbocycles. The van der Waals surface area contributed by atoms with Gasteiger partial charge in [0.15, 0.2) is 0 Å². The van der Waals surface area contributed by atoms with E-state index in [1.54, 1.807) is 21.7 Å². The minimum atomic E-state index is -1.33. The monoisotopic (exact) mass is 386 g/mol. The number of piperidine rings is 1. The van der Waals surface area contributed by atoms with E-state index in [1.165, 1.54) is 11.5 Å². The minimum Gasteiger partial charge on any atom is -0.325 e. The summed E-state index contributed by atoms with van der Waals surface area (Å²) in [5, 5.41) is 4.81. The Bertz CT molecular complexity index is 1080. The van der Waals surface area contributed by atoms with Crippen molar-refractivity contribution in [2.45, 2.75) is 39.1 Å². The average molecular weight is 386 g/mol. The lowest BCUT2D eigenvalue weighted by Crippen LogP contribution is -2.58. The highest BCUT2D eigenvalue weighted by Crippen LogP contribution is 2.27. The third-order valence-corrected chi connectivity index (χ3v) is 4.96. The lowest BCUT2D eigenvalue weighted by atomic mass is 9.71. The Balaban J connectivity index is 2.28. The van der Waals surface area contributed by atoms with Gasteiger partial charge in [0.1, 0.15) is 19.5 Å². The first-order valence-electron chi connectivity index (χ1n) is 8.93. The number of nitrogens with one attached hydrogen (secondary N) is 2. The van der Waals surface area contributed by atoms with Crippen molar-refractivity contribution in [2.24, 2.45) is 5.92 Å². The van der Waals surface area contributed by atoms with Crippen LogP contribution in [0.3, 0.4) is 0 Å². The molecule has 0 aliphatic carbocycles. The van der Waals surface area contributed by atoms with Crippen LogP contribution >= 0.6 is 0 Å². The van der Waals surface area contributed by atoms with E-state index in [4.69, 9.17) is 0 Å². The highest BCUT2D eigenvalue weighted by Gasteiger charge is 2.42. The van der Waals surface area contributed by atoms with Crippen molar-refractivity contribution in [3.8, 4) is 0 Å². The van der Waals surface area contributed by atoms with Crippen LogP contribution in [0.1, 0.15) is 32.5 Å². The Morgan fingerprint density at radius 3 is 2.64 bits per heavy atom. The number of hydrogen-bond acceptors (Lipinski definition) is 5. The Hall–Kier alpha value is -3.04. The molecule has 2 N–H and O–H groups in total. The second-order valence-corrected chi connectivity index (χ2v) is 7.44. The first-order chi connectivity index (χ1) is 13.0. The van der Waals surface area contributed by atoms with Crippen molar-refractivity contribution in [2.75, 3.05) is 5.32 Å². The molecule has 1 aliphatic rings. The van der Waals surface area contributed by atoms with Gasteiger partial charge in [-0.15, -0.1) is 0 Å². The van der Waals surface area contributed by atoms with Gasteiger partial charge in [-0.3, -0.25) is 29.1 Å². The number of imide groups is 1. The molecule has 28 heavy (non-hydrogen) atoms. The van der Waals surface area contributed by atoms with Crippen LogP contribution in [-0.2, 0) is 19.8 Å². The number of fused-ring (bicyclic) bond motifs is 1. The number of benzene rings is 1. The highest BCUT2D eigenvalue weighted by molar-refractivity contribution is 6.28. The van der Waals surface area contributed by atoms with E-state index in [0.29, 0.717) is 0 Å².